The molecule has 0 amide bonds. The maximum absolute atomic E-state index is 11.0. The molecule has 0 aromatic rings. The van der Waals surface area contributed by atoms with Gasteiger partial charge >= 0.3 is 0 Å². The van der Waals surface area contributed by atoms with E-state index in [2.05, 4.69) is 44.2 Å². The van der Waals surface area contributed by atoms with Crippen LogP contribution in [0.2, 0.25) is 0 Å². The lowest BCUT2D eigenvalue weighted by Gasteiger charge is -2.02. The minimum absolute atomic E-state index is 0.391. The molecule has 5 heteroatoms. The van der Waals surface area contributed by atoms with Gasteiger partial charge in [0.1, 0.15) is 11.6 Å². The average Bonchev–Trinajstić information content (AvgIpc) is 3.13. The van der Waals surface area contributed by atoms with Crippen molar-refractivity contribution >= 4 is 55.8 Å². The third-order valence-corrected chi connectivity index (χ3v) is 4.42. The lowest BCUT2D eigenvalue weighted by Crippen LogP contribution is -2.10. The van der Waals surface area contributed by atoms with Crippen molar-refractivity contribution < 1.29 is 9.59 Å². The summed E-state index contributed by atoms with van der Waals surface area (Å²) in [5.41, 5.74) is 0. The fourth-order valence-electron chi connectivity index (χ4n) is 2.69. The van der Waals surface area contributed by atoms with Crippen molar-refractivity contribution in [3.63, 3.8) is 0 Å². The van der Waals surface area contributed by atoms with Crippen LogP contribution < -0.4 is 0 Å². The van der Waals surface area contributed by atoms with Gasteiger partial charge in [0.15, 0.2) is 0 Å². The van der Waals surface area contributed by atoms with E-state index in [4.69, 9.17) is 0 Å². The molecule has 0 spiro atoms. The molecule has 2 fully saturated rings. The van der Waals surface area contributed by atoms with E-state index in [0.29, 0.717) is 28.7 Å². The van der Waals surface area contributed by atoms with Gasteiger partial charge in [0.05, 0.1) is 5.33 Å². The molecule has 112 valence electrons. The van der Waals surface area contributed by atoms with Crippen molar-refractivity contribution in [2.45, 2.75) is 58.3 Å². The maximum atomic E-state index is 11.0. The highest BCUT2D eigenvalue weighted by Crippen LogP contribution is 2.26. The Morgan fingerprint density at radius 2 is 1.26 bits per heavy atom. The first-order valence-corrected chi connectivity index (χ1v) is 11.7. The van der Waals surface area contributed by atoms with E-state index in [9.17, 15) is 9.59 Å². The van der Waals surface area contributed by atoms with Crippen molar-refractivity contribution in [2.24, 2.45) is 11.8 Å². The molecular weight excluding hydrogens is 440 g/mol. The second-order valence-electron chi connectivity index (χ2n) is 5.17. The van der Waals surface area contributed by atoms with Gasteiger partial charge in [-0.3, -0.25) is 9.59 Å². The van der Waals surface area contributed by atoms with Crippen LogP contribution in [0, 0.1) is 11.8 Å². The zero-order valence-electron chi connectivity index (χ0n) is 11.5. The molecule has 0 radical (unpaired) electrons. The van der Waals surface area contributed by atoms with Crippen molar-refractivity contribution in [3.8, 4) is 0 Å². The summed E-state index contributed by atoms with van der Waals surface area (Å²) >= 11 is 8.68. The summed E-state index contributed by atoms with van der Waals surface area (Å²) in [6.07, 6.45) is 9.60. The van der Waals surface area contributed by atoms with Crippen LogP contribution in [0.5, 0.6) is 0 Å². The standard InChI is InChI=1S/C7H11BrO.C7H12O.Br2/c8-5-7(9)6-3-1-2-4-6;1-6(8)7-4-2-3-5-7;1-2/h6H,1-5H2;7H,2-5H2,1H3;. The van der Waals surface area contributed by atoms with Crippen LogP contribution in [0.4, 0.5) is 0 Å². The number of Topliss-reactive ketones (excluding diaryl/α,β-unsaturated/α-hetero) is 2. The lowest BCUT2D eigenvalue weighted by atomic mass is 10.0. The summed E-state index contributed by atoms with van der Waals surface area (Å²) in [5, 5.41) is 0.553. The first kappa shape index (κ1) is 19.8. The summed E-state index contributed by atoms with van der Waals surface area (Å²) in [6, 6.07) is 0. The van der Waals surface area contributed by atoms with Gasteiger partial charge in [0, 0.05) is 40.1 Å². The Bertz CT molecular complexity index is 257. The van der Waals surface area contributed by atoms with Gasteiger partial charge < -0.3 is 0 Å². The molecule has 0 atom stereocenters. The van der Waals surface area contributed by atoms with Gasteiger partial charge in [-0.2, -0.15) is 0 Å². The van der Waals surface area contributed by atoms with E-state index in [1.165, 1.54) is 25.7 Å². The molecule has 0 aromatic carbocycles. The molecule has 19 heavy (non-hydrogen) atoms. The van der Waals surface area contributed by atoms with Gasteiger partial charge in [-0.05, 0) is 32.6 Å². The van der Waals surface area contributed by atoms with E-state index in [1.54, 1.807) is 6.92 Å². The molecule has 2 rings (SSSR count). The zero-order valence-corrected chi connectivity index (χ0v) is 16.2. The van der Waals surface area contributed by atoms with Crippen LogP contribution in [0.15, 0.2) is 0 Å². The van der Waals surface area contributed by atoms with E-state index >= 15 is 0 Å². The fraction of sp³-hybridized carbons (Fsp3) is 0.857. The number of halogens is 3. The van der Waals surface area contributed by atoms with E-state index in [1.807, 2.05) is 0 Å². The number of carbonyl (C=O) groups excluding carboxylic acids is 2. The average molecular weight is 463 g/mol. The normalized spacial score (nSPS) is 19.2. The third-order valence-electron chi connectivity index (χ3n) is 3.87. The summed E-state index contributed by atoms with van der Waals surface area (Å²) < 4.78 is 0. The molecule has 0 saturated heterocycles. The molecule has 2 nitrogen and oxygen atoms in total. The van der Waals surface area contributed by atoms with Crippen LogP contribution in [0.1, 0.15) is 58.3 Å². The molecule has 2 aliphatic rings. The molecule has 0 aliphatic heterocycles. The van der Waals surface area contributed by atoms with Crippen LogP contribution in [-0.4, -0.2) is 16.9 Å². The number of alkyl halides is 1. The Morgan fingerprint density at radius 1 is 0.895 bits per heavy atom. The molecule has 0 N–H and O–H groups in total. The van der Waals surface area contributed by atoms with Gasteiger partial charge in [-0.1, -0.05) is 41.6 Å². The monoisotopic (exact) mass is 460 g/mol. The van der Waals surface area contributed by atoms with Gasteiger partial charge in [-0.25, -0.2) is 0 Å². The second kappa shape index (κ2) is 12.5. The highest BCUT2D eigenvalue weighted by atomic mass is 80.9. The Morgan fingerprint density at radius 3 is 1.53 bits per heavy atom. The van der Waals surface area contributed by atoms with Crippen molar-refractivity contribution in [3.05, 3.63) is 0 Å². The minimum Gasteiger partial charge on any atom is -0.300 e. The summed E-state index contributed by atoms with van der Waals surface area (Å²) in [4.78, 5) is 21.6. The molecule has 0 bridgehead atoms. The molecular formula is C14H23Br3O2. The maximum Gasteiger partial charge on any atom is 0.146 e. The highest BCUT2D eigenvalue weighted by Gasteiger charge is 2.20. The Kier molecular flexibility index (Phi) is 13.0. The largest absolute Gasteiger partial charge is 0.300 e. The Balaban J connectivity index is 0.000000303. The second-order valence-corrected chi connectivity index (χ2v) is 5.73. The number of hydrogen-bond acceptors (Lipinski definition) is 2. The Hall–Kier alpha value is 0.780. The van der Waals surface area contributed by atoms with Crippen LogP contribution in [0.25, 0.3) is 0 Å². The summed E-state index contributed by atoms with van der Waals surface area (Å²) in [5.74, 6) is 1.61. The SMILES string of the molecule is BrBr.CC(=O)C1CCCC1.O=C(CBr)C1CCCC1. The summed E-state index contributed by atoms with van der Waals surface area (Å²) in [7, 11) is 0. The minimum atomic E-state index is 0.391. The quantitative estimate of drug-likeness (QED) is 0.512. The fourth-order valence-corrected chi connectivity index (χ4v) is 3.15. The third kappa shape index (κ3) is 8.61. The zero-order chi connectivity index (χ0) is 14.7. The van der Waals surface area contributed by atoms with E-state index in [-0.39, 0.29) is 0 Å². The number of ketones is 2. The predicted octanol–water partition coefficient (Wildman–Crippen LogP) is 5.60. The topological polar surface area (TPSA) is 34.1 Å². The van der Waals surface area contributed by atoms with E-state index < -0.39 is 0 Å². The van der Waals surface area contributed by atoms with Crippen molar-refractivity contribution in [1.82, 2.24) is 0 Å². The number of rotatable bonds is 3. The Labute approximate surface area is 140 Å². The lowest BCUT2D eigenvalue weighted by molar-refractivity contribution is -0.121. The number of carbonyl (C=O) groups is 2. The first-order chi connectivity index (χ1) is 9.15. The molecule has 2 aliphatic carbocycles. The van der Waals surface area contributed by atoms with Gasteiger partial charge in [0.2, 0.25) is 0 Å². The molecule has 0 aromatic heterocycles. The van der Waals surface area contributed by atoms with Crippen LogP contribution >= 0.6 is 44.2 Å². The van der Waals surface area contributed by atoms with Crippen LogP contribution in [-0.2, 0) is 9.59 Å². The van der Waals surface area contributed by atoms with Gasteiger partial charge in [0.25, 0.3) is 0 Å². The molecule has 0 heterocycles. The summed E-state index contributed by atoms with van der Waals surface area (Å²) in [6.45, 7) is 1.70. The highest BCUT2D eigenvalue weighted by molar-refractivity contribution is 9.93. The van der Waals surface area contributed by atoms with Crippen molar-refractivity contribution in [1.29, 1.82) is 0 Å². The molecule has 2 saturated carbocycles. The smallest absolute Gasteiger partial charge is 0.146 e. The van der Waals surface area contributed by atoms with Crippen LogP contribution in [0.3, 0.4) is 0 Å². The van der Waals surface area contributed by atoms with Gasteiger partial charge in [-0.15, -0.1) is 0 Å². The molecule has 0 unspecified atom stereocenters. The predicted molar refractivity (Wildman–Crippen MR) is 91.3 cm³/mol. The first-order valence-electron chi connectivity index (χ1n) is 6.88. The van der Waals surface area contributed by atoms with Crippen molar-refractivity contribution in [2.75, 3.05) is 5.33 Å². The van der Waals surface area contributed by atoms with E-state index in [0.717, 1.165) is 25.7 Å². The number of hydrogen-bond donors (Lipinski definition) is 0.